The third-order valence-corrected chi connectivity index (χ3v) is 4.60. The molecule has 18 heavy (non-hydrogen) atoms. The largest absolute Gasteiger partial charge is 0.353 e. The molecule has 0 aromatic carbocycles. The van der Waals surface area contributed by atoms with Crippen LogP contribution in [0, 0.1) is 5.92 Å². The molecule has 1 aliphatic heterocycles. The Morgan fingerprint density at radius 1 is 1.50 bits per heavy atom. The van der Waals surface area contributed by atoms with Crippen LogP contribution >= 0.6 is 0 Å². The molecule has 2 atom stereocenters. The lowest BCUT2D eigenvalue weighted by molar-refractivity contribution is -0.126. The summed E-state index contributed by atoms with van der Waals surface area (Å²) in [6.45, 7) is 4.92. The van der Waals surface area contributed by atoms with Gasteiger partial charge in [0.15, 0.2) is 0 Å². The van der Waals surface area contributed by atoms with Gasteiger partial charge in [-0.3, -0.25) is 4.79 Å². The summed E-state index contributed by atoms with van der Waals surface area (Å²) >= 11 is 0. The highest BCUT2D eigenvalue weighted by Crippen LogP contribution is 2.19. The number of nitrogens with zero attached hydrogens (tertiary/aromatic N) is 1. The summed E-state index contributed by atoms with van der Waals surface area (Å²) in [6.07, 6.45) is 4.72. The van der Waals surface area contributed by atoms with E-state index < -0.39 is 10.0 Å². The second-order valence-electron chi connectivity index (χ2n) is 5.16. The molecule has 0 aromatic rings. The molecule has 0 aromatic heterocycles. The normalized spacial score (nSPS) is 23.6. The molecule has 0 saturated carbocycles. The molecule has 0 unspecified atom stereocenters. The lowest BCUT2D eigenvalue weighted by atomic mass is 9.98. The van der Waals surface area contributed by atoms with Gasteiger partial charge in [0.1, 0.15) is 0 Å². The zero-order valence-electron chi connectivity index (χ0n) is 11.5. The molecule has 1 aliphatic rings. The Bertz CT molecular complexity index is 381. The highest BCUT2D eigenvalue weighted by molar-refractivity contribution is 7.88. The monoisotopic (exact) mass is 276 g/mol. The van der Waals surface area contributed by atoms with Gasteiger partial charge in [-0.05, 0) is 26.2 Å². The maximum absolute atomic E-state index is 12.0. The fourth-order valence-electron chi connectivity index (χ4n) is 2.32. The molecule has 0 spiro atoms. The number of carbonyl (C=O) groups is 1. The second-order valence-corrected chi connectivity index (χ2v) is 7.14. The Balaban J connectivity index is 2.53. The van der Waals surface area contributed by atoms with Crippen LogP contribution in [0.3, 0.4) is 0 Å². The molecule has 5 nitrogen and oxygen atoms in total. The number of rotatable bonds is 5. The van der Waals surface area contributed by atoms with E-state index in [0.717, 1.165) is 25.7 Å². The zero-order chi connectivity index (χ0) is 13.8. The first-order valence-electron chi connectivity index (χ1n) is 6.60. The molecular weight excluding hydrogens is 252 g/mol. The Morgan fingerprint density at radius 2 is 2.17 bits per heavy atom. The Hall–Kier alpha value is -0.620. The first-order valence-corrected chi connectivity index (χ1v) is 8.45. The number of hydrogen-bond donors (Lipinski definition) is 1. The topological polar surface area (TPSA) is 66.5 Å². The van der Waals surface area contributed by atoms with Crippen molar-refractivity contribution >= 4 is 15.9 Å². The molecule has 1 heterocycles. The molecule has 0 aliphatic carbocycles. The molecule has 1 fully saturated rings. The molecule has 0 radical (unpaired) electrons. The molecule has 1 amide bonds. The number of sulfonamides is 1. The van der Waals surface area contributed by atoms with Crippen LogP contribution in [0.1, 0.15) is 39.5 Å². The van der Waals surface area contributed by atoms with Crippen molar-refractivity contribution in [3.05, 3.63) is 0 Å². The Labute approximate surface area is 110 Å². The predicted octanol–water partition coefficient (Wildman–Crippen LogP) is 0.963. The van der Waals surface area contributed by atoms with Crippen molar-refractivity contribution in [3.8, 4) is 0 Å². The third-order valence-electron chi connectivity index (χ3n) is 3.33. The van der Waals surface area contributed by atoms with Gasteiger partial charge in [-0.1, -0.05) is 13.3 Å². The first kappa shape index (κ1) is 15.4. The highest BCUT2D eigenvalue weighted by Gasteiger charge is 2.30. The lowest BCUT2D eigenvalue weighted by Gasteiger charge is -2.30. The van der Waals surface area contributed by atoms with E-state index in [1.54, 1.807) is 0 Å². The van der Waals surface area contributed by atoms with E-state index in [1.165, 1.54) is 10.6 Å². The van der Waals surface area contributed by atoms with E-state index in [0.29, 0.717) is 13.1 Å². The molecule has 1 N–H and O–H groups in total. The molecule has 1 saturated heterocycles. The summed E-state index contributed by atoms with van der Waals surface area (Å²) in [5, 5.41) is 2.96. The number of nitrogens with one attached hydrogen (secondary N) is 1. The second kappa shape index (κ2) is 6.52. The first-order chi connectivity index (χ1) is 8.34. The maximum atomic E-state index is 12.0. The minimum absolute atomic E-state index is 0.00991. The van der Waals surface area contributed by atoms with Gasteiger partial charge in [-0.2, -0.15) is 0 Å². The van der Waals surface area contributed by atoms with Crippen LogP contribution in [-0.4, -0.2) is 44.0 Å². The van der Waals surface area contributed by atoms with Crippen LogP contribution in [0.15, 0.2) is 0 Å². The van der Waals surface area contributed by atoms with Crippen molar-refractivity contribution in [1.82, 2.24) is 9.62 Å². The van der Waals surface area contributed by atoms with Crippen LogP contribution in [0.5, 0.6) is 0 Å². The number of carbonyl (C=O) groups excluding carboxylic acids is 1. The third kappa shape index (κ3) is 4.57. The average molecular weight is 276 g/mol. The Kier molecular flexibility index (Phi) is 5.59. The number of amides is 1. The van der Waals surface area contributed by atoms with E-state index in [4.69, 9.17) is 0 Å². The van der Waals surface area contributed by atoms with Crippen LogP contribution in [0.2, 0.25) is 0 Å². The van der Waals surface area contributed by atoms with E-state index in [9.17, 15) is 13.2 Å². The zero-order valence-corrected chi connectivity index (χ0v) is 12.3. The minimum atomic E-state index is -3.18. The van der Waals surface area contributed by atoms with Gasteiger partial charge in [0.05, 0.1) is 12.2 Å². The summed E-state index contributed by atoms with van der Waals surface area (Å²) in [5.74, 6) is -0.211. The fraction of sp³-hybridized carbons (Fsp3) is 0.917. The van der Waals surface area contributed by atoms with Gasteiger partial charge < -0.3 is 5.32 Å². The maximum Gasteiger partial charge on any atom is 0.224 e. The van der Waals surface area contributed by atoms with Gasteiger partial charge >= 0.3 is 0 Å². The fourth-order valence-corrected chi connectivity index (χ4v) is 3.24. The van der Waals surface area contributed by atoms with Crippen molar-refractivity contribution in [2.45, 2.75) is 45.6 Å². The summed E-state index contributed by atoms with van der Waals surface area (Å²) in [5.41, 5.74) is 0. The molecule has 0 bridgehead atoms. The van der Waals surface area contributed by atoms with Gasteiger partial charge in [0, 0.05) is 19.1 Å². The van der Waals surface area contributed by atoms with Crippen LogP contribution in [-0.2, 0) is 14.8 Å². The van der Waals surface area contributed by atoms with E-state index in [1.807, 2.05) is 6.92 Å². The van der Waals surface area contributed by atoms with Crippen molar-refractivity contribution in [3.63, 3.8) is 0 Å². The SMILES string of the molecule is CCC[C@@H](C)NC(=O)[C@@H]1CCCN(S(C)(=O)=O)C1. The van der Waals surface area contributed by atoms with Crippen molar-refractivity contribution in [1.29, 1.82) is 0 Å². The Morgan fingerprint density at radius 3 is 2.72 bits per heavy atom. The predicted molar refractivity (Wildman–Crippen MR) is 71.7 cm³/mol. The van der Waals surface area contributed by atoms with Crippen molar-refractivity contribution < 1.29 is 13.2 Å². The number of piperidine rings is 1. The minimum Gasteiger partial charge on any atom is -0.353 e. The van der Waals surface area contributed by atoms with E-state index >= 15 is 0 Å². The smallest absolute Gasteiger partial charge is 0.224 e. The standard InChI is InChI=1S/C12H24N2O3S/c1-4-6-10(2)13-12(15)11-7-5-8-14(9-11)18(3,16)17/h10-11H,4-9H2,1-3H3,(H,13,15)/t10-,11-/m1/s1. The van der Waals surface area contributed by atoms with Crippen molar-refractivity contribution in [2.75, 3.05) is 19.3 Å². The van der Waals surface area contributed by atoms with Crippen molar-refractivity contribution in [2.24, 2.45) is 5.92 Å². The molecule has 106 valence electrons. The lowest BCUT2D eigenvalue weighted by Crippen LogP contribution is -2.46. The summed E-state index contributed by atoms with van der Waals surface area (Å²) in [6, 6.07) is 0.163. The van der Waals surface area contributed by atoms with Gasteiger partial charge in [0.25, 0.3) is 0 Å². The van der Waals surface area contributed by atoms with E-state index in [2.05, 4.69) is 12.2 Å². The van der Waals surface area contributed by atoms with Crippen LogP contribution in [0.25, 0.3) is 0 Å². The highest BCUT2D eigenvalue weighted by atomic mass is 32.2. The summed E-state index contributed by atoms with van der Waals surface area (Å²) in [7, 11) is -3.18. The van der Waals surface area contributed by atoms with Gasteiger partial charge in [-0.25, -0.2) is 12.7 Å². The number of hydrogen-bond acceptors (Lipinski definition) is 3. The van der Waals surface area contributed by atoms with Crippen LogP contribution in [0.4, 0.5) is 0 Å². The molecule has 6 heteroatoms. The summed E-state index contributed by atoms with van der Waals surface area (Å²) in [4.78, 5) is 12.0. The molecular formula is C12H24N2O3S. The van der Waals surface area contributed by atoms with E-state index in [-0.39, 0.29) is 17.9 Å². The summed E-state index contributed by atoms with van der Waals surface area (Å²) < 4.78 is 24.4. The quantitative estimate of drug-likeness (QED) is 0.813. The average Bonchev–Trinajstić information content (AvgIpc) is 2.28. The van der Waals surface area contributed by atoms with Crippen LogP contribution < -0.4 is 5.32 Å². The van der Waals surface area contributed by atoms with Gasteiger partial charge in [-0.15, -0.1) is 0 Å². The molecule has 1 rings (SSSR count). The van der Waals surface area contributed by atoms with Gasteiger partial charge in [0.2, 0.25) is 15.9 Å².